The van der Waals surface area contributed by atoms with E-state index < -0.39 is 5.97 Å². The van der Waals surface area contributed by atoms with Gasteiger partial charge in [0.1, 0.15) is 5.69 Å². The molecule has 1 aliphatic rings. The highest BCUT2D eigenvalue weighted by Crippen LogP contribution is 2.30. The molecule has 7 heteroatoms. The highest BCUT2D eigenvalue weighted by atomic mass is 16.4. The summed E-state index contributed by atoms with van der Waals surface area (Å²) in [5, 5.41) is 21.3. The zero-order chi connectivity index (χ0) is 14.1. The summed E-state index contributed by atoms with van der Waals surface area (Å²) in [7, 11) is 0. The van der Waals surface area contributed by atoms with Gasteiger partial charge >= 0.3 is 5.97 Å². The molecule has 2 aromatic rings. The quantitative estimate of drug-likeness (QED) is 0.896. The van der Waals surface area contributed by atoms with Crippen LogP contribution in [-0.4, -0.2) is 35.9 Å². The summed E-state index contributed by atoms with van der Waals surface area (Å²) >= 11 is 0. The Morgan fingerprint density at radius 3 is 2.85 bits per heavy atom. The van der Waals surface area contributed by atoms with Crippen molar-refractivity contribution in [2.24, 2.45) is 5.92 Å². The van der Waals surface area contributed by atoms with Crippen LogP contribution in [0.5, 0.6) is 0 Å². The molecule has 0 aliphatic heterocycles. The molecule has 20 heavy (non-hydrogen) atoms. The molecule has 0 bridgehead atoms. The van der Waals surface area contributed by atoms with Crippen LogP contribution in [0.4, 0.5) is 0 Å². The van der Waals surface area contributed by atoms with E-state index in [9.17, 15) is 9.90 Å². The molecular weight excluding hydrogens is 258 g/mol. The third kappa shape index (κ3) is 2.19. The Hall–Kier alpha value is -2.18. The van der Waals surface area contributed by atoms with Crippen molar-refractivity contribution in [1.82, 2.24) is 24.8 Å². The second-order valence-corrected chi connectivity index (χ2v) is 5.16. The van der Waals surface area contributed by atoms with Gasteiger partial charge in [0.25, 0.3) is 0 Å². The average molecular weight is 275 g/mol. The van der Waals surface area contributed by atoms with Gasteiger partial charge in [-0.3, -0.25) is 4.68 Å². The first kappa shape index (κ1) is 12.8. The molecule has 0 spiro atoms. The van der Waals surface area contributed by atoms with Gasteiger partial charge in [-0.2, -0.15) is 5.10 Å². The second-order valence-electron chi connectivity index (χ2n) is 5.16. The number of aromatic nitrogens is 5. The predicted molar refractivity (Wildman–Crippen MR) is 71.2 cm³/mol. The van der Waals surface area contributed by atoms with Crippen molar-refractivity contribution >= 4 is 5.97 Å². The van der Waals surface area contributed by atoms with E-state index in [-0.39, 0.29) is 5.69 Å². The van der Waals surface area contributed by atoms with E-state index in [1.54, 1.807) is 15.6 Å². The van der Waals surface area contributed by atoms with E-state index in [2.05, 4.69) is 15.4 Å². The van der Waals surface area contributed by atoms with Gasteiger partial charge in [0, 0.05) is 24.8 Å². The maximum absolute atomic E-state index is 11.3. The summed E-state index contributed by atoms with van der Waals surface area (Å²) in [5.41, 5.74) is 1.32. The number of rotatable bonds is 5. The first-order valence-corrected chi connectivity index (χ1v) is 6.88. The highest BCUT2D eigenvalue weighted by molar-refractivity contribution is 5.92. The first-order valence-electron chi connectivity index (χ1n) is 6.88. The lowest BCUT2D eigenvalue weighted by Crippen LogP contribution is -2.19. The van der Waals surface area contributed by atoms with Crippen LogP contribution in [0.1, 0.15) is 36.7 Å². The Kier molecular flexibility index (Phi) is 3.25. The number of aryl methyl sites for hydroxylation is 1. The molecule has 3 rings (SSSR count). The standard InChI is InChI=1S/C13H17N5O2/c1-2-17-8-10(6-14-17)12-11(13(19)20)15-16-18(12)7-9-4-3-5-9/h6,8-9H,2-5,7H2,1H3,(H,19,20). The van der Waals surface area contributed by atoms with E-state index in [1.165, 1.54) is 19.3 Å². The van der Waals surface area contributed by atoms with Gasteiger partial charge in [-0.15, -0.1) is 5.10 Å². The van der Waals surface area contributed by atoms with Gasteiger partial charge in [-0.1, -0.05) is 11.6 Å². The first-order chi connectivity index (χ1) is 9.69. The molecule has 0 amide bonds. The molecule has 1 fully saturated rings. The predicted octanol–water partition coefficient (Wildman–Crippen LogP) is 1.66. The van der Waals surface area contributed by atoms with Crippen molar-refractivity contribution in [1.29, 1.82) is 0 Å². The van der Waals surface area contributed by atoms with E-state index in [0.717, 1.165) is 18.7 Å². The molecule has 0 atom stereocenters. The number of carboxylic acid groups (broad SMARTS) is 1. The fourth-order valence-electron chi connectivity index (χ4n) is 2.45. The molecule has 2 heterocycles. The van der Waals surface area contributed by atoms with Crippen molar-refractivity contribution in [2.75, 3.05) is 0 Å². The van der Waals surface area contributed by atoms with E-state index in [4.69, 9.17) is 0 Å². The molecule has 2 aromatic heterocycles. The molecule has 0 radical (unpaired) electrons. The van der Waals surface area contributed by atoms with E-state index in [1.807, 2.05) is 13.1 Å². The monoisotopic (exact) mass is 275 g/mol. The molecule has 1 N–H and O–H groups in total. The van der Waals surface area contributed by atoms with Crippen LogP contribution < -0.4 is 0 Å². The number of hydrogen-bond donors (Lipinski definition) is 1. The van der Waals surface area contributed by atoms with Crippen molar-refractivity contribution in [3.8, 4) is 11.3 Å². The third-order valence-electron chi connectivity index (χ3n) is 3.82. The smallest absolute Gasteiger partial charge is 0.358 e. The normalized spacial score (nSPS) is 15.2. The maximum Gasteiger partial charge on any atom is 0.358 e. The van der Waals surface area contributed by atoms with Gasteiger partial charge < -0.3 is 5.11 Å². The summed E-state index contributed by atoms with van der Waals surface area (Å²) in [6.45, 7) is 3.46. The Balaban J connectivity index is 1.99. The third-order valence-corrected chi connectivity index (χ3v) is 3.82. The molecule has 1 saturated carbocycles. The SMILES string of the molecule is CCn1cc(-c2c(C(=O)O)nnn2CC2CCC2)cn1. The fraction of sp³-hybridized carbons (Fsp3) is 0.538. The van der Waals surface area contributed by atoms with Gasteiger partial charge in [0.2, 0.25) is 0 Å². The molecule has 7 nitrogen and oxygen atoms in total. The van der Waals surface area contributed by atoms with Crippen molar-refractivity contribution in [2.45, 2.75) is 39.3 Å². The number of aromatic carboxylic acids is 1. The molecule has 0 saturated heterocycles. The van der Waals surface area contributed by atoms with Gasteiger partial charge in [-0.05, 0) is 25.7 Å². The molecular formula is C13H17N5O2. The van der Waals surface area contributed by atoms with E-state index >= 15 is 0 Å². The van der Waals surface area contributed by atoms with Crippen molar-refractivity contribution in [3.05, 3.63) is 18.1 Å². The van der Waals surface area contributed by atoms with Crippen LogP contribution >= 0.6 is 0 Å². The largest absolute Gasteiger partial charge is 0.476 e. The summed E-state index contributed by atoms with van der Waals surface area (Å²) in [6, 6.07) is 0. The van der Waals surface area contributed by atoms with Crippen molar-refractivity contribution < 1.29 is 9.90 Å². The Bertz CT molecular complexity index is 626. The van der Waals surface area contributed by atoms with Crippen LogP contribution in [0.15, 0.2) is 12.4 Å². The zero-order valence-corrected chi connectivity index (χ0v) is 11.4. The summed E-state index contributed by atoms with van der Waals surface area (Å²) in [6.07, 6.45) is 7.11. The Labute approximate surface area is 116 Å². The maximum atomic E-state index is 11.3. The lowest BCUT2D eigenvalue weighted by molar-refractivity contribution is 0.0691. The minimum Gasteiger partial charge on any atom is -0.476 e. The minimum absolute atomic E-state index is 0.0000217. The number of hydrogen-bond acceptors (Lipinski definition) is 4. The Morgan fingerprint density at radius 2 is 2.30 bits per heavy atom. The lowest BCUT2D eigenvalue weighted by atomic mass is 9.85. The number of carboxylic acids is 1. The van der Waals surface area contributed by atoms with Crippen LogP contribution in [0.25, 0.3) is 11.3 Å². The van der Waals surface area contributed by atoms with Gasteiger partial charge in [0.15, 0.2) is 5.69 Å². The summed E-state index contributed by atoms with van der Waals surface area (Å²) in [5.74, 6) is -0.470. The van der Waals surface area contributed by atoms with Crippen molar-refractivity contribution in [3.63, 3.8) is 0 Å². The Morgan fingerprint density at radius 1 is 1.50 bits per heavy atom. The topological polar surface area (TPSA) is 85.8 Å². The average Bonchev–Trinajstić information content (AvgIpc) is 2.99. The van der Waals surface area contributed by atoms with Gasteiger partial charge in [0.05, 0.1) is 6.20 Å². The zero-order valence-electron chi connectivity index (χ0n) is 11.4. The van der Waals surface area contributed by atoms with Crippen LogP contribution in [0.3, 0.4) is 0 Å². The van der Waals surface area contributed by atoms with Crippen LogP contribution in [0.2, 0.25) is 0 Å². The molecule has 1 aliphatic carbocycles. The van der Waals surface area contributed by atoms with Gasteiger partial charge in [-0.25, -0.2) is 9.48 Å². The highest BCUT2D eigenvalue weighted by Gasteiger charge is 2.25. The van der Waals surface area contributed by atoms with Crippen LogP contribution in [-0.2, 0) is 13.1 Å². The van der Waals surface area contributed by atoms with Crippen LogP contribution in [0, 0.1) is 5.92 Å². The molecule has 106 valence electrons. The number of carbonyl (C=O) groups is 1. The second kappa shape index (κ2) is 5.07. The summed E-state index contributed by atoms with van der Waals surface area (Å²) in [4.78, 5) is 11.3. The molecule has 0 unspecified atom stereocenters. The number of nitrogens with zero attached hydrogens (tertiary/aromatic N) is 5. The molecule has 0 aromatic carbocycles. The minimum atomic E-state index is -1.05. The summed E-state index contributed by atoms with van der Waals surface area (Å²) < 4.78 is 3.48. The lowest BCUT2D eigenvalue weighted by Gasteiger charge is -2.25. The van der Waals surface area contributed by atoms with E-state index in [0.29, 0.717) is 11.6 Å². The fourth-order valence-corrected chi connectivity index (χ4v) is 2.45.